The van der Waals surface area contributed by atoms with E-state index in [1.807, 2.05) is 24.4 Å². The van der Waals surface area contributed by atoms with E-state index < -0.39 is 0 Å². The summed E-state index contributed by atoms with van der Waals surface area (Å²) in [4.78, 5) is 7.33. The minimum atomic E-state index is 0. The van der Waals surface area contributed by atoms with E-state index in [0.717, 1.165) is 43.4 Å². The molecule has 28 heavy (non-hydrogen) atoms. The number of nitrogens with one attached hydrogen (secondary N) is 2. The lowest BCUT2D eigenvalue weighted by Crippen LogP contribution is -2.48. The Hall–Kier alpha value is -1.42. The monoisotopic (exact) mass is 499 g/mol. The van der Waals surface area contributed by atoms with Gasteiger partial charge in [-0.1, -0.05) is 13.0 Å². The van der Waals surface area contributed by atoms with Crippen LogP contribution < -0.4 is 10.6 Å². The topological polar surface area (TPSA) is 69.8 Å². The normalized spacial score (nSPS) is 16.1. The van der Waals surface area contributed by atoms with Crippen molar-refractivity contribution in [2.24, 2.45) is 4.99 Å². The zero-order valence-corrected chi connectivity index (χ0v) is 19.4. The van der Waals surface area contributed by atoms with Gasteiger partial charge in [0.1, 0.15) is 5.82 Å². The minimum absolute atomic E-state index is 0. The zero-order chi connectivity index (χ0) is 18.9. The van der Waals surface area contributed by atoms with Crippen molar-refractivity contribution in [3.8, 4) is 0 Å². The van der Waals surface area contributed by atoms with E-state index in [0.29, 0.717) is 6.04 Å². The Morgan fingerprint density at radius 2 is 2.04 bits per heavy atom. The van der Waals surface area contributed by atoms with Crippen molar-refractivity contribution in [3.05, 3.63) is 30.2 Å². The van der Waals surface area contributed by atoms with Crippen molar-refractivity contribution in [1.29, 1.82) is 0 Å². The van der Waals surface area contributed by atoms with E-state index in [2.05, 4.69) is 44.0 Å². The average molecular weight is 499 g/mol. The van der Waals surface area contributed by atoms with Crippen LogP contribution in [0.3, 0.4) is 0 Å². The maximum Gasteiger partial charge on any atom is 0.191 e. The molecule has 0 amide bonds. The lowest BCUT2D eigenvalue weighted by atomic mass is 10.1. The standard InChI is InChI=1S/C20H33N7.HI/c1-3-13-26-15-10-17(11-16-26)23-20(21-4-2)22-12-7-9-19-25-24-18-8-5-6-14-27(18)19;/h5-6,8,14,17H,3-4,7,9-13,15-16H2,1-2H3,(H2,21,22,23);1H. The molecule has 3 rings (SSSR count). The summed E-state index contributed by atoms with van der Waals surface area (Å²) in [5, 5.41) is 15.5. The van der Waals surface area contributed by atoms with Gasteiger partial charge in [-0.05, 0) is 51.3 Å². The van der Waals surface area contributed by atoms with Crippen molar-refractivity contribution in [1.82, 2.24) is 30.1 Å². The minimum Gasteiger partial charge on any atom is -0.357 e. The van der Waals surface area contributed by atoms with Crippen LogP contribution in [-0.2, 0) is 6.42 Å². The number of pyridine rings is 1. The van der Waals surface area contributed by atoms with Gasteiger partial charge < -0.3 is 15.5 Å². The summed E-state index contributed by atoms with van der Waals surface area (Å²) < 4.78 is 2.05. The molecule has 0 spiro atoms. The summed E-state index contributed by atoms with van der Waals surface area (Å²) in [5.41, 5.74) is 0.903. The second-order valence-electron chi connectivity index (χ2n) is 7.17. The fraction of sp³-hybridized carbons (Fsp3) is 0.650. The fourth-order valence-corrected chi connectivity index (χ4v) is 3.62. The van der Waals surface area contributed by atoms with Gasteiger partial charge in [-0.15, -0.1) is 34.2 Å². The highest BCUT2D eigenvalue weighted by molar-refractivity contribution is 14.0. The number of piperidine rings is 1. The molecule has 7 nitrogen and oxygen atoms in total. The van der Waals surface area contributed by atoms with Crippen LogP contribution in [0.1, 0.15) is 45.4 Å². The highest BCUT2D eigenvalue weighted by Gasteiger charge is 2.19. The number of halogens is 1. The summed E-state index contributed by atoms with van der Waals surface area (Å²) >= 11 is 0. The molecule has 0 atom stereocenters. The number of aromatic nitrogens is 3. The maximum absolute atomic E-state index is 4.77. The van der Waals surface area contributed by atoms with Gasteiger partial charge in [0.2, 0.25) is 0 Å². The van der Waals surface area contributed by atoms with Crippen LogP contribution in [0.25, 0.3) is 5.65 Å². The predicted octanol–water partition coefficient (Wildman–Crippen LogP) is 2.71. The molecule has 156 valence electrons. The SMILES string of the molecule is CCCN1CCC(NC(=NCCCc2nnc3ccccn23)NCC)CC1.I. The number of likely N-dealkylation sites (tertiary alicyclic amines) is 1. The molecule has 0 aliphatic carbocycles. The molecule has 3 heterocycles. The number of hydrogen-bond acceptors (Lipinski definition) is 4. The van der Waals surface area contributed by atoms with E-state index in [1.54, 1.807) is 0 Å². The zero-order valence-electron chi connectivity index (χ0n) is 17.1. The first-order valence-corrected chi connectivity index (χ1v) is 10.4. The second-order valence-corrected chi connectivity index (χ2v) is 7.17. The first kappa shape index (κ1) is 22.9. The van der Waals surface area contributed by atoms with Crippen molar-refractivity contribution in [2.45, 2.75) is 52.0 Å². The number of aliphatic imine (C=N–C) groups is 1. The van der Waals surface area contributed by atoms with Crippen molar-refractivity contribution >= 4 is 35.6 Å². The summed E-state index contributed by atoms with van der Waals surface area (Å²) in [6.07, 6.45) is 7.48. The summed E-state index contributed by atoms with van der Waals surface area (Å²) in [7, 11) is 0. The molecule has 2 aromatic rings. The Balaban J connectivity index is 0.00000280. The molecule has 1 aliphatic rings. The molecule has 0 bridgehead atoms. The number of rotatable bonds is 8. The molecule has 8 heteroatoms. The quantitative estimate of drug-likeness (QED) is 0.253. The van der Waals surface area contributed by atoms with E-state index >= 15 is 0 Å². The molecule has 2 N–H and O–H groups in total. The smallest absolute Gasteiger partial charge is 0.191 e. The van der Waals surface area contributed by atoms with Gasteiger partial charge in [-0.2, -0.15) is 0 Å². The Bertz CT molecular complexity index is 722. The number of hydrogen-bond donors (Lipinski definition) is 2. The fourth-order valence-electron chi connectivity index (χ4n) is 3.62. The van der Waals surface area contributed by atoms with Crippen molar-refractivity contribution in [2.75, 3.05) is 32.7 Å². The van der Waals surface area contributed by atoms with E-state index in [-0.39, 0.29) is 24.0 Å². The third-order valence-corrected chi connectivity index (χ3v) is 5.03. The number of nitrogens with zero attached hydrogens (tertiary/aromatic N) is 5. The lowest BCUT2D eigenvalue weighted by Gasteiger charge is -2.32. The van der Waals surface area contributed by atoms with E-state index in [9.17, 15) is 0 Å². The largest absolute Gasteiger partial charge is 0.357 e. The molecule has 1 saturated heterocycles. The van der Waals surface area contributed by atoms with Gasteiger partial charge in [0.15, 0.2) is 11.6 Å². The van der Waals surface area contributed by atoms with Crippen LogP contribution in [0.5, 0.6) is 0 Å². The Morgan fingerprint density at radius 3 is 2.79 bits per heavy atom. The molecule has 0 unspecified atom stereocenters. The summed E-state index contributed by atoms with van der Waals surface area (Å²) in [6, 6.07) is 6.50. The van der Waals surface area contributed by atoms with Gasteiger partial charge in [0.25, 0.3) is 0 Å². The highest BCUT2D eigenvalue weighted by atomic mass is 127. The summed E-state index contributed by atoms with van der Waals surface area (Å²) in [5.74, 6) is 1.94. The van der Waals surface area contributed by atoms with Crippen LogP contribution in [0.15, 0.2) is 29.4 Å². The van der Waals surface area contributed by atoms with Gasteiger partial charge in [0.05, 0.1) is 0 Å². The van der Waals surface area contributed by atoms with Crippen LogP contribution in [0, 0.1) is 0 Å². The lowest BCUT2D eigenvalue weighted by molar-refractivity contribution is 0.206. The Morgan fingerprint density at radius 1 is 1.21 bits per heavy atom. The van der Waals surface area contributed by atoms with Gasteiger partial charge >= 0.3 is 0 Å². The molecule has 0 saturated carbocycles. The molecule has 0 aromatic carbocycles. The maximum atomic E-state index is 4.77. The first-order chi connectivity index (χ1) is 13.3. The number of aryl methyl sites for hydroxylation is 1. The van der Waals surface area contributed by atoms with Crippen LogP contribution in [0.2, 0.25) is 0 Å². The van der Waals surface area contributed by atoms with Gasteiger partial charge in [-0.3, -0.25) is 9.39 Å². The van der Waals surface area contributed by atoms with E-state index in [1.165, 1.54) is 38.9 Å². The second kappa shape index (κ2) is 12.2. The predicted molar refractivity (Wildman–Crippen MR) is 126 cm³/mol. The van der Waals surface area contributed by atoms with Crippen LogP contribution >= 0.6 is 24.0 Å². The molecule has 2 aromatic heterocycles. The Kier molecular flexibility index (Phi) is 9.97. The molecular weight excluding hydrogens is 465 g/mol. The van der Waals surface area contributed by atoms with Crippen molar-refractivity contribution in [3.63, 3.8) is 0 Å². The van der Waals surface area contributed by atoms with Crippen molar-refractivity contribution < 1.29 is 0 Å². The van der Waals surface area contributed by atoms with Crippen LogP contribution in [0.4, 0.5) is 0 Å². The third-order valence-electron chi connectivity index (χ3n) is 5.03. The highest BCUT2D eigenvalue weighted by Crippen LogP contribution is 2.10. The molecule has 1 aliphatic heterocycles. The average Bonchev–Trinajstić information content (AvgIpc) is 3.10. The van der Waals surface area contributed by atoms with Gasteiger partial charge in [0, 0.05) is 44.8 Å². The third kappa shape index (κ3) is 6.58. The Labute approximate surface area is 185 Å². The van der Waals surface area contributed by atoms with E-state index in [4.69, 9.17) is 4.99 Å². The molecular formula is C20H34IN7. The van der Waals surface area contributed by atoms with Gasteiger partial charge in [-0.25, -0.2) is 0 Å². The first-order valence-electron chi connectivity index (χ1n) is 10.4. The number of guanidine groups is 1. The molecule has 0 radical (unpaired) electrons. The molecule has 1 fully saturated rings. The summed E-state index contributed by atoms with van der Waals surface area (Å²) in [6.45, 7) is 9.63. The van der Waals surface area contributed by atoms with Crippen LogP contribution in [-0.4, -0.2) is 64.2 Å². The number of fused-ring (bicyclic) bond motifs is 1.